The molecule has 1 aromatic rings. The van der Waals surface area contributed by atoms with E-state index in [1.807, 2.05) is 45.0 Å². The zero-order chi connectivity index (χ0) is 16.7. The van der Waals surface area contributed by atoms with Gasteiger partial charge in [0, 0.05) is 37.9 Å². The van der Waals surface area contributed by atoms with Crippen LogP contribution in [0, 0.1) is 0 Å². The number of carbonyl (C=O) groups excluding carboxylic acids is 2. The lowest BCUT2D eigenvalue weighted by Gasteiger charge is -2.43. The van der Waals surface area contributed by atoms with Gasteiger partial charge in [-0.1, -0.05) is 18.2 Å². The van der Waals surface area contributed by atoms with E-state index < -0.39 is 11.2 Å². The number of amides is 1. The molecule has 3 rings (SSSR count). The van der Waals surface area contributed by atoms with Crippen molar-refractivity contribution in [3.8, 4) is 5.75 Å². The molecule has 5 nitrogen and oxygen atoms in total. The van der Waals surface area contributed by atoms with E-state index in [4.69, 9.17) is 9.47 Å². The second-order valence-electron chi connectivity index (χ2n) is 7.27. The second kappa shape index (κ2) is 5.55. The lowest BCUT2D eigenvalue weighted by molar-refractivity contribution is -0.140. The van der Waals surface area contributed by atoms with Crippen LogP contribution in [0.5, 0.6) is 5.75 Å². The topological polar surface area (TPSA) is 55.8 Å². The van der Waals surface area contributed by atoms with Crippen molar-refractivity contribution in [2.75, 3.05) is 13.1 Å². The Hall–Kier alpha value is -2.04. The largest absolute Gasteiger partial charge is 0.479 e. The first-order valence-electron chi connectivity index (χ1n) is 8.07. The number of hydrogen-bond donors (Lipinski definition) is 0. The van der Waals surface area contributed by atoms with Crippen LogP contribution in [0.2, 0.25) is 0 Å². The zero-order valence-corrected chi connectivity index (χ0v) is 13.9. The summed E-state index contributed by atoms with van der Waals surface area (Å²) in [5, 5.41) is 0. The average molecular weight is 317 g/mol. The Balaban J connectivity index is 1.69. The molecule has 0 unspecified atom stereocenters. The second-order valence-corrected chi connectivity index (χ2v) is 7.27. The number of benzene rings is 1. The van der Waals surface area contributed by atoms with Gasteiger partial charge in [-0.2, -0.15) is 0 Å². The third-order valence-electron chi connectivity index (χ3n) is 4.36. The van der Waals surface area contributed by atoms with Crippen molar-refractivity contribution in [3.63, 3.8) is 0 Å². The fraction of sp³-hybridized carbons (Fsp3) is 0.556. The average Bonchev–Trinajstić information content (AvgIpc) is 2.47. The van der Waals surface area contributed by atoms with E-state index in [2.05, 4.69) is 0 Å². The standard InChI is InChI=1S/C18H23NO4/c1-17(2,3)23-16(21)19-10-8-18(9-11-19)15(20)12-13-6-4-5-7-14(13)22-18/h4-7H,8-12H2,1-3H3. The maximum atomic E-state index is 12.6. The number of fused-ring (bicyclic) bond motifs is 1. The quantitative estimate of drug-likeness (QED) is 0.738. The summed E-state index contributed by atoms with van der Waals surface area (Å²) in [6, 6.07) is 7.66. The third-order valence-corrected chi connectivity index (χ3v) is 4.36. The Morgan fingerprint density at radius 1 is 1.22 bits per heavy atom. The van der Waals surface area contributed by atoms with E-state index >= 15 is 0 Å². The summed E-state index contributed by atoms with van der Waals surface area (Å²) >= 11 is 0. The van der Waals surface area contributed by atoms with Crippen LogP contribution in [-0.2, 0) is 16.0 Å². The first-order chi connectivity index (χ1) is 10.8. The van der Waals surface area contributed by atoms with Crippen LogP contribution < -0.4 is 4.74 Å². The Bertz CT molecular complexity index is 624. The molecular formula is C18H23NO4. The number of carbonyl (C=O) groups is 2. The first kappa shape index (κ1) is 15.8. The van der Waals surface area contributed by atoms with E-state index in [0.29, 0.717) is 32.4 Å². The Kier molecular flexibility index (Phi) is 3.82. The highest BCUT2D eigenvalue weighted by molar-refractivity contribution is 5.92. The normalized spacial score (nSPS) is 20.0. The van der Waals surface area contributed by atoms with Crippen LogP contribution in [0.1, 0.15) is 39.2 Å². The minimum Gasteiger partial charge on any atom is -0.479 e. The molecule has 2 heterocycles. The summed E-state index contributed by atoms with van der Waals surface area (Å²) in [5.74, 6) is 0.901. The fourth-order valence-electron chi connectivity index (χ4n) is 3.11. The molecule has 1 aromatic carbocycles. The van der Waals surface area contributed by atoms with Gasteiger partial charge in [0.2, 0.25) is 0 Å². The van der Waals surface area contributed by atoms with Crippen molar-refractivity contribution >= 4 is 11.9 Å². The van der Waals surface area contributed by atoms with E-state index in [1.165, 1.54) is 0 Å². The smallest absolute Gasteiger partial charge is 0.410 e. The third kappa shape index (κ3) is 3.19. The zero-order valence-electron chi connectivity index (χ0n) is 13.9. The maximum Gasteiger partial charge on any atom is 0.410 e. The number of ketones is 1. The number of rotatable bonds is 0. The van der Waals surface area contributed by atoms with Crippen molar-refractivity contribution in [2.45, 2.75) is 51.2 Å². The lowest BCUT2D eigenvalue weighted by Crippen LogP contribution is -2.56. The number of nitrogens with zero attached hydrogens (tertiary/aromatic N) is 1. The Morgan fingerprint density at radius 2 is 1.87 bits per heavy atom. The lowest BCUT2D eigenvalue weighted by atomic mass is 9.82. The number of piperidine rings is 1. The number of para-hydroxylation sites is 1. The SMILES string of the molecule is CC(C)(C)OC(=O)N1CCC2(CC1)Oc1ccccc1CC2=O. The van der Waals surface area contributed by atoms with Crippen molar-refractivity contribution in [3.05, 3.63) is 29.8 Å². The van der Waals surface area contributed by atoms with Crippen LogP contribution >= 0.6 is 0 Å². The summed E-state index contributed by atoms with van der Waals surface area (Å²) in [5.41, 5.74) is -0.354. The molecule has 23 heavy (non-hydrogen) atoms. The minimum absolute atomic E-state index is 0.111. The van der Waals surface area contributed by atoms with Crippen molar-refractivity contribution in [1.29, 1.82) is 0 Å². The van der Waals surface area contributed by atoms with Crippen molar-refractivity contribution in [1.82, 2.24) is 4.90 Å². The van der Waals surface area contributed by atoms with Crippen molar-refractivity contribution in [2.24, 2.45) is 0 Å². The van der Waals surface area contributed by atoms with Crippen LogP contribution in [0.25, 0.3) is 0 Å². The van der Waals surface area contributed by atoms with Crippen LogP contribution in [0.4, 0.5) is 4.79 Å². The molecule has 1 spiro atoms. The van der Waals surface area contributed by atoms with Gasteiger partial charge < -0.3 is 14.4 Å². The maximum absolute atomic E-state index is 12.6. The van der Waals surface area contributed by atoms with Crippen molar-refractivity contribution < 1.29 is 19.1 Å². The van der Waals surface area contributed by atoms with Gasteiger partial charge in [-0.3, -0.25) is 4.79 Å². The predicted molar refractivity (Wildman–Crippen MR) is 85.6 cm³/mol. The highest BCUT2D eigenvalue weighted by Gasteiger charge is 2.47. The number of ether oxygens (including phenoxy) is 2. The number of likely N-dealkylation sites (tertiary alicyclic amines) is 1. The van der Waals surface area contributed by atoms with Gasteiger partial charge in [-0.25, -0.2) is 4.79 Å². The van der Waals surface area contributed by atoms with Crippen LogP contribution in [0.3, 0.4) is 0 Å². The molecule has 0 radical (unpaired) electrons. The van der Waals surface area contributed by atoms with E-state index in [9.17, 15) is 9.59 Å². The number of hydrogen-bond acceptors (Lipinski definition) is 4. The van der Waals surface area contributed by atoms with Gasteiger partial charge in [0.25, 0.3) is 0 Å². The van der Waals surface area contributed by atoms with Gasteiger partial charge in [-0.15, -0.1) is 0 Å². The van der Waals surface area contributed by atoms with Gasteiger partial charge in [0.1, 0.15) is 11.4 Å². The molecule has 1 fully saturated rings. The number of Topliss-reactive ketones (excluding diaryl/α,β-unsaturated/α-hetero) is 1. The summed E-state index contributed by atoms with van der Waals surface area (Å²) in [6.07, 6.45) is 1.11. The molecule has 124 valence electrons. The molecule has 5 heteroatoms. The van der Waals surface area contributed by atoms with Gasteiger partial charge >= 0.3 is 6.09 Å². The minimum atomic E-state index is -0.785. The molecule has 0 N–H and O–H groups in total. The highest BCUT2D eigenvalue weighted by atomic mass is 16.6. The molecule has 0 bridgehead atoms. The van der Waals surface area contributed by atoms with Gasteiger partial charge in [0.05, 0.1) is 0 Å². The molecular weight excluding hydrogens is 294 g/mol. The molecule has 2 aliphatic heterocycles. The summed E-state index contributed by atoms with van der Waals surface area (Å²) in [4.78, 5) is 26.4. The molecule has 0 aliphatic carbocycles. The van der Waals surface area contributed by atoms with E-state index in [1.54, 1.807) is 4.90 Å². The fourth-order valence-corrected chi connectivity index (χ4v) is 3.11. The molecule has 1 amide bonds. The van der Waals surface area contributed by atoms with Gasteiger partial charge in [-0.05, 0) is 26.8 Å². The Morgan fingerprint density at radius 3 is 2.52 bits per heavy atom. The Labute approximate surface area is 136 Å². The van der Waals surface area contributed by atoms with E-state index in [-0.39, 0.29) is 11.9 Å². The first-order valence-corrected chi connectivity index (χ1v) is 8.07. The molecule has 0 aromatic heterocycles. The van der Waals surface area contributed by atoms with Crippen LogP contribution in [-0.4, -0.2) is 41.1 Å². The van der Waals surface area contributed by atoms with Gasteiger partial charge in [0.15, 0.2) is 11.4 Å². The summed E-state index contributed by atoms with van der Waals surface area (Å²) < 4.78 is 11.5. The highest BCUT2D eigenvalue weighted by Crippen LogP contribution is 2.37. The summed E-state index contributed by atoms with van der Waals surface area (Å²) in [7, 11) is 0. The molecule has 0 saturated carbocycles. The molecule has 0 atom stereocenters. The summed E-state index contributed by atoms with van der Waals surface area (Å²) in [6.45, 7) is 6.49. The molecule has 1 saturated heterocycles. The predicted octanol–water partition coefficient (Wildman–Crippen LogP) is 2.96. The molecule has 2 aliphatic rings. The van der Waals surface area contributed by atoms with E-state index in [0.717, 1.165) is 11.3 Å². The monoisotopic (exact) mass is 317 g/mol. The van der Waals surface area contributed by atoms with Crippen LogP contribution in [0.15, 0.2) is 24.3 Å².